The van der Waals surface area contributed by atoms with Crippen molar-refractivity contribution in [2.75, 3.05) is 13.2 Å². The second-order valence-corrected chi connectivity index (χ2v) is 5.89. The van der Waals surface area contributed by atoms with E-state index in [0.29, 0.717) is 0 Å². The van der Waals surface area contributed by atoms with E-state index in [2.05, 4.69) is 27.7 Å². The summed E-state index contributed by atoms with van der Waals surface area (Å²) >= 11 is 0. The maximum absolute atomic E-state index is 5.68. The molecule has 0 aromatic rings. The Labute approximate surface area is 94.3 Å². The summed E-state index contributed by atoms with van der Waals surface area (Å²) in [6.45, 7) is 10.6. The second kappa shape index (κ2) is 5.86. The van der Waals surface area contributed by atoms with Gasteiger partial charge in [0.05, 0.1) is 13.2 Å². The Morgan fingerprint density at radius 2 is 1.73 bits per heavy atom. The van der Waals surface area contributed by atoms with E-state index in [4.69, 9.17) is 9.47 Å². The molecular weight excluding hydrogens is 188 g/mol. The first-order valence-corrected chi connectivity index (χ1v) is 6.23. The first-order chi connectivity index (χ1) is 6.99. The summed E-state index contributed by atoms with van der Waals surface area (Å²) in [5, 5.41) is 0. The molecule has 2 heteroatoms. The van der Waals surface area contributed by atoms with E-state index in [0.717, 1.165) is 25.6 Å². The molecule has 0 radical (unpaired) electrons. The molecule has 1 heterocycles. The Morgan fingerprint density at radius 1 is 1.13 bits per heavy atom. The Hall–Kier alpha value is -0.0800. The average Bonchev–Trinajstić information content (AvgIpc) is 2.14. The predicted molar refractivity (Wildman–Crippen MR) is 62.8 cm³/mol. The van der Waals surface area contributed by atoms with Gasteiger partial charge in [0, 0.05) is 5.41 Å². The number of rotatable bonds is 5. The third-order valence-corrected chi connectivity index (χ3v) is 2.79. The minimum absolute atomic E-state index is 0.0604. The molecule has 0 unspecified atom stereocenters. The van der Waals surface area contributed by atoms with Gasteiger partial charge in [-0.05, 0) is 18.8 Å². The van der Waals surface area contributed by atoms with Gasteiger partial charge in [0.25, 0.3) is 0 Å². The van der Waals surface area contributed by atoms with Crippen LogP contribution in [0, 0.1) is 11.3 Å². The van der Waals surface area contributed by atoms with Crippen molar-refractivity contribution in [2.45, 2.75) is 59.7 Å². The highest BCUT2D eigenvalue weighted by Gasteiger charge is 2.27. The van der Waals surface area contributed by atoms with Gasteiger partial charge in [-0.15, -0.1) is 0 Å². The fourth-order valence-corrected chi connectivity index (χ4v) is 1.76. The molecule has 0 amide bonds. The van der Waals surface area contributed by atoms with Crippen molar-refractivity contribution < 1.29 is 9.47 Å². The summed E-state index contributed by atoms with van der Waals surface area (Å²) in [6.07, 6.45) is 4.96. The van der Waals surface area contributed by atoms with Crippen LogP contribution in [0.1, 0.15) is 53.4 Å². The van der Waals surface area contributed by atoms with Gasteiger partial charge < -0.3 is 9.47 Å². The van der Waals surface area contributed by atoms with Crippen molar-refractivity contribution in [3.8, 4) is 0 Å². The summed E-state index contributed by atoms with van der Waals surface area (Å²) in [6, 6.07) is 0. The van der Waals surface area contributed by atoms with Crippen LogP contribution >= 0.6 is 0 Å². The Balaban J connectivity index is 2.04. The van der Waals surface area contributed by atoms with Crippen LogP contribution in [-0.2, 0) is 9.47 Å². The quantitative estimate of drug-likeness (QED) is 0.651. The van der Waals surface area contributed by atoms with Crippen LogP contribution in [0.3, 0.4) is 0 Å². The maximum Gasteiger partial charge on any atom is 0.157 e. The Kier molecular flexibility index (Phi) is 5.07. The lowest BCUT2D eigenvalue weighted by Gasteiger charge is -2.34. The molecule has 1 fully saturated rings. The molecule has 15 heavy (non-hydrogen) atoms. The molecule has 0 saturated carbocycles. The summed E-state index contributed by atoms with van der Waals surface area (Å²) in [7, 11) is 0. The first-order valence-electron chi connectivity index (χ1n) is 6.23. The van der Waals surface area contributed by atoms with Crippen LogP contribution in [0.25, 0.3) is 0 Å². The highest BCUT2D eigenvalue weighted by molar-refractivity contribution is 4.71. The first kappa shape index (κ1) is 13.0. The average molecular weight is 214 g/mol. The van der Waals surface area contributed by atoms with Gasteiger partial charge in [0.1, 0.15) is 0 Å². The fourth-order valence-electron chi connectivity index (χ4n) is 1.76. The lowest BCUT2D eigenvalue weighted by Crippen LogP contribution is -2.37. The third kappa shape index (κ3) is 5.53. The topological polar surface area (TPSA) is 18.5 Å². The van der Waals surface area contributed by atoms with Gasteiger partial charge in [0.15, 0.2) is 6.29 Å². The largest absolute Gasteiger partial charge is 0.352 e. The van der Waals surface area contributed by atoms with Gasteiger partial charge in [-0.25, -0.2) is 0 Å². The molecule has 1 aliphatic rings. The van der Waals surface area contributed by atoms with Gasteiger partial charge >= 0.3 is 0 Å². The molecule has 1 saturated heterocycles. The van der Waals surface area contributed by atoms with E-state index in [1.807, 2.05) is 0 Å². The van der Waals surface area contributed by atoms with E-state index in [1.54, 1.807) is 0 Å². The van der Waals surface area contributed by atoms with Crippen molar-refractivity contribution in [1.82, 2.24) is 0 Å². The molecule has 0 N–H and O–H groups in total. The normalized spacial score (nSPS) is 22.2. The highest BCUT2D eigenvalue weighted by Crippen LogP contribution is 2.25. The molecule has 90 valence electrons. The Morgan fingerprint density at radius 3 is 2.27 bits per heavy atom. The monoisotopic (exact) mass is 214 g/mol. The van der Waals surface area contributed by atoms with Crippen LogP contribution in [0.5, 0.6) is 0 Å². The van der Waals surface area contributed by atoms with Crippen LogP contribution in [0.15, 0.2) is 0 Å². The van der Waals surface area contributed by atoms with Crippen molar-refractivity contribution in [3.63, 3.8) is 0 Å². The highest BCUT2D eigenvalue weighted by atomic mass is 16.7. The molecule has 0 aromatic heterocycles. The smallest absolute Gasteiger partial charge is 0.157 e. The minimum Gasteiger partial charge on any atom is -0.352 e. The van der Waals surface area contributed by atoms with E-state index in [9.17, 15) is 0 Å². The van der Waals surface area contributed by atoms with Gasteiger partial charge in [-0.2, -0.15) is 0 Å². The zero-order valence-electron chi connectivity index (χ0n) is 10.7. The second-order valence-electron chi connectivity index (χ2n) is 5.89. The Bertz CT molecular complexity index is 165. The molecule has 0 aromatic carbocycles. The summed E-state index contributed by atoms with van der Waals surface area (Å²) in [5.41, 5.74) is 0.203. The van der Waals surface area contributed by atoms with Crippen molar-refractivity contribution >= 4 is 0 Å². The van der Waals surface area contributed by atoms with E-state index in [-0.39, 0.29) is 11.7 Å². The molecular formula is C13H26O2. The summed E-state index contributed by atoms with van der Waals surface area (Å²) in [5.74, 6) is 0.817. The number of hydrogen-bond acceptors (Lipinski definition) is 2. The third-order valence-electron chi connectivity index (χ3n) is 2.79. The molecule has 0 aliphatic carbocycles. The summed E-state index contributed by atoms with van der Waals surface area (Å²) < 4.78 is 11.4. The molecule has 0 spiro atoms. The van der Waals surface area contributed by atoms with Crippen LogP contribution in [0.4, 0.5) is 0 Å². The van der Waals surface area contributed by atoms with Crippen molar-refractivity contribution in [2.24, 2.45) is 11.3 Å². The number of hydrogen-bond donors (Lipinski definition) is 0. The van der Waals surface area contributed by atoms with Crippen molar-refractivity contribution in [3.05, 3.63) is 0 Å². The predicted octanol–water partition coefficient (Wildman–Crippen LogP) is 3.60. The van der Waals surface area contributed by atoms with Crippen LogP contribution in [-0.4, -0.2) is 19.5 Å². The lowest BCUT2D eigenvalue weighted by molar-refractivity contribution is -0.224. The SMILES string of the molecule is CC(C)CCCCC1OCC(C)(C)CO1. The molecule has 1 aliphatic heterocycles. The zero-order valence-corrected chi connectivity index (χ0v) is 10.7. The standard InChI is InChI=1S/C13H26O2/c1-11(2)7-5-6-8-12-14-9-13(3,4)10-15-12/h11-12H,5-10H2,1-4H3. The van der Waals surface area contributed by atoms with Crippen LogP contribution in [0.2, 0.25) is 0 Å². The van der Waals surface area contributed by atoms with Crippen LogP contribution < -0.4 is 0 Å². The fraction of sp³-hybridized carbons (Fsp3) is 1.00. The molecule has 0 bridgehead atoms. The van der Waals surface area contributed by atoms with Gasteiger partial charge in [0.2, 0.25) is 0 Å². The molecule has 2 nitrogen and oxygen atoms in total. The number of unbranched alkanes of at least 4 members (excludes halogenated alkanes) is 1. The number of ether oxygens (including phenoxy) is 2. The van der Waals surface area contributed by atoms with Gasteiger partial charge in [-0.3, -0.25) is 0 Å². The zero-order chi connectivity index (χ0) is 11.3. The van der Waals surface area contributed by atoms with E-state index >= 15 is 0 Å². The van der Waals surface area contributed by atoms with Gasteiger partial charge in [-0.1, -0.05) is 40.5 Å². The van der Waals surface area contributed by atoms with Crippen molar-refractivity contribution in [1.29, 1.82) is 0 Å². The molecule has 0 atom stereocenters. The molecule has 1 rings (SSSR count). The summed E-state index contributed by atoms with van der Waals surface area (Å²) in [4.78, 5) is 0. The lowest BCUT2D eigenvalue weighted by atomic mass is 9.95. The minimum atomic E-state index is 0.0604. The van der Waals surface area contributed by atoms with E-state index in [1.165, 1.54) is 19.3 Å². The van der Waals surface area contributed by atoms with E-state index < -0.39 is 0 Å². The maximum atomic E-state index is 5.68.